The van der Waals surface area contributed by atoms with E-state index in [9.17, 15) is 4.79 Å². The molecule has 18 heavy (non-hydrogen) atoms. The van der Waals surface area contributed by atoms with Crippen LogP contribution in [0.4, 0.5) is 10.5 Å². The van der Waals surface area contributed by atoms with E-state index < -0.39 is 0 Å². The Labute approximate surface area is 117 Å². The first-order valence-electron chi connectivity index (χ1n) is 5.30. The summed E-state index contributed by atoms with van der Waals surface area (Å²) in [5.74, 6) is 0. The minimum atomic E-state index is -0.288. The van der Waals surface area contributed by atoms with E-state index in [1.54, 1.807) is 24.3 Å². The van der Waals surface area contributed by atoms with Crippen molar-refractivity contribution in [3.8, 4) is 0 Å². The second kappa shape index (κ2) is 9.96. The molecule has 0 fully saturated rings. The number of nitrogens with one attached hydrogen (secondary N) is 2. The van der Waals surface area contributed by atoms with Gasteiger partial charge >= 0.3 is 6.03 Å². The maximum Gasteiger partial charge on any atom is 0.319 e. The van der Waals surface area contributed by atoms with Crippen LogP contribution in [0.25, 0.3) is 0 Å². The molecule has 1 aromatic rings. The van der Waals surface area contributed by atoms with Crippen molar-refractivity contribution in [2.45, 2.75) is 0 Å². The Kier molecular flexibility index (Phi) is 9.40. The summed E-state index contributed by atoms with van der Waals surface area (Å²) in [6.07, 6.45) is 0. The average molecular weight is 294 g/mol. The zero-order chi connectivity index (χ0) is 12.5. The van der Waals surface area contributed by atoms with Crippen LogP contribution >= 0.6 is 24.0 Å². The maximum absolute atomic E-state index is 11.4. The van der Waals surface area contributed by atoms with Gasteiger partial charge in [0.1, 0.15) is 0 Å². The summed E-state index contributed by atoms with van der Waals surface area (Å²) in [7, 11) is 0. The molecule has 102 valence electrons. The second-order valence-corrected chi connectivity index (χ2v) is 3.73. The van der Waals surface area contributed by atoms with Gasteiger partial charge in [-0.2, -0.15) is 0 Å². The number of carbonyl (C=O) groups is 1. The van der Waals surface area contributed by atoms with Gasteiger partial charge in [-0.15, -0.1) is 12.4 Å². The number of anilines is 1. The SMILES string of the molecule is Cl.NCCOCCNC(=O)Nc1cccc(Cl)c1. The molecular formula is C11H17Cl2N3O2. The molecule has 4 N–H and O–H groups in total. The molecule has 0 aliphatic heterocycles. The van der Waals surface area contributed by atoms with Crippen molar-refractivity contribution in [3.63, 3.8) is 0 Å². The number of nitrogens with two attached hydrogens (primary N) is 1. The van der Waals surface area contributed by atoms with Crippen LogP contribution in [0.15, 0.2) is 24.3 Å². The van der Waals surface area contributed by atoms with Crippen LogP contribution in [-0.4, -0.2) is 32.3 Å². The van der Waals surface area contributed by atoms with E-state index >= 15 is 0 Å². The van der Waals surface area contributed by atoms with E-state index in [1.807, 2.05) is 0 Å². The largest absolute Gasteiger partial charge is 0.378 e. The van der Waals surface area contributed by atoms with Gasteiger partial charge in [0.2, 0.25) is 0 Å². The number of halogens is 2. The number of benzene rings is 1. The number of rotatable bonds is 6. The predicted molar refractivity (Wildman–Crippen MR) is 75.6 cm³/mol. The summed E-state index contributed by atoms with van der Waals surface area (Å²) in [4.78, 5) is 11.4. The molecule has 0 unspecified atom stereocenters. The summed E-state index contributed by atoms with van der Waals surface area (Å²) < 4.78 is 5.11. The molecule has 2 amide bonds. The highest BCUT2D eigenvalue weighted by Gasteiger charge is 2.00. The lowest BCUT2D eigenvalue weighted by molar-refractivity contribution is 0.144. The van der Waals surface area contributed by atoms with Gasteiger partial charge in [-0.1, -0.05) is 17.7 Å². The highest BCUT2D eigenvalue weighted by atomic mass is 35.5. The molecule has 0 spiro atoms. The summed E-state index contributed by atoms with van der Waals surface area (Å²) in [6.45, 7) is 1.86. The third-order valence-electron chi connectivity index (χ3n) is 1.88. The van der Waals surface area contributed by atoms with Gasteiger partial charge in [0.15, 0.2) is 0 Å². The molecule has 0 aliphatic rings. The van der Waals surface area contributed by atoms with Gasteiger partial charge in [0.25, 0.3) is 0 Å². The minimum absolute atomic E-state index is 0. The summed E-state index contributed by atoms with van der Waals surface area (Å²) >= 11 is 5.79. The van der Waals surface area contributed by atoms with Crippen LogP contribution in [0.1, 0.15) is 0 Å². The fraction of sp³-hybridized carbons (Fsp3) is 0.364. The number of urea groups is 1. The van der Waals surface area contributed by atoms with E-state index in [0.29, 0.717) is 37.0 Å². The van der Waals surface area contributed by atoms with Crippen molar-refractivity contribution in [2.75, 3.05) is 31.6 Å². The van der Waals surface area contributed by atoms with Crippen molar-refractivity contribution in [2.24, 2.45) is 5.73 Å². The molecule has 0 heterocycles. The molecule has 0 aromatic heterocycles. The molecule has 0 saturated heterocycles. The molecule has 5 nitrogen and oxygen atoms in total. The van der Waals surface area contributed by atoms with Crippen molar-refractivity contribution >= 4 is 35.7 Å². The number of amides is 2. The van der Waals surface area contributed by atoms with Crippen molar-refractivity contribution < 1.29 is 9.53 Å². The van der Waals surface area contributed by atoms with Gasteiger partial charge < -0.3 is 21.1 Å². The fourth-order valence-corrected chi connectivity index (χ4v) is 1.35. The Bertz CT molecular complexity index is 364. The van der Waals surface area contributed by atoms with Gasteiger partial charge in [-0.05, 0) is 18.2 Å². The highest BCUT2D eigenvalue weighted by molar-refractivity contribution is 6.30. The quantitative estimate of drug-likeness (QED) is 0.701. The monoisotopic (exact) mass is 293 g/mol. The maximum atomic E-state index is 11.4. The molecule has 7 heteroatoms. The number of carbonyl (C=O) groups excluding carboxylic acids is 1. The zero-order valence-corrected chi connectivity index (χ0v) is 11.4. The standard InChI is InChI=1S/C11H16ClN3O2.ClH/c12-9-2-1-3-10(8-9)15-11(16)14-5-7-17-6-4-13;/h1-3,8H,4-7,13H2,(H2,14,15,16);1H. The molecule has 0 radical (unpaired) electrons. The lowest BCUT2D eigenvalue weighted by atomic mass is 10.3. The Balaban J connectivity index is 0.00000289. The van der Waals surface area contributed by atoms with E-state index in [0.717, 1.165) is 0 Å². The van der Waals surface area contributed by atoms with Crippen LogP contribution in [0.3, 0.4) is 0 Å². The molecule has 0 bridgehead atoms. The Morgan fingerprint density at radius 2 is 2.17 bits per heavy atom. The third kappa shape index (κ3) is 7.34. The zero-order valence-electron chi connectivity index (χ0n) is 9.82. The Morgan fingerprint density at radius 3 is 2.83 bits per heavy atom. The first-order chi connectivity index (χ1) is 8.22. The average Bonchev–Trinajstić information content (AvgIpc) is 2.29. The Hall–Kier alpha value is -1.01. The number of hydrogen-bond acceptors (Lipinski definition) is 3. The van der Waals surface area contributed by atoms with Crippen LogP contribution in [0.2, 0.25) is 5.02 Å². The summed E-state index contributed by atoms with van der Waals surface area (Å²) in [5, 5.41) is 5.89. The Morgan fingerprint density at radius 1 is 1.39 bits per heavy atom. The van der Waals surface area contributed by atoms with Crippen molar-refractivity contribution in [1.29, 1.82) is 0 Å². The fourth-order valence-electron chi connectivity index (χ4n) is 1.16. The summed E-state index contributed by atoms with van der Waals surface area (Å²) in [5.41, 5.74) is 5.90. The molecule has 0 aliphatic carbocycles. The summed E-state index contributed by atoms with van der Waals surface area (Å²) in [6, 6.07) is 6.65. The van der Waals surface area contributed by atoms with Gasteiger partial charge in [0, 0.05) is 23.8 Å². The first-order valence-corrected chi connectivity index (χ1v) is 5.68. The molecule has 1 aromatic carbocycles. The van der Waals surface area contributed by atoms with Gasteiger partial charge in [0.05, 0.1) is 13.2 Å². The number of ether oxygens (including phenoxy) is 1. The van der Waals surface area contributed by atoms with E-state index in [2.05, 4.69) is 10.6 Å². The molecule has 1 rings (SSSR count). The van der Waals surface area contributed by atoms with Gasteiger partial charge in [-0.25, -0.2) is 4.79 Å². The van der Waals surface area contributed by atoms with Crippen LogP contribution in [-0.2, 0) is 4.74 Å². The second-order valence-electron chi connectivity index (χ2n) is 3.29. The first kappa shape index (κ1) is 17.0. The van der Waals surface area contributed by atoms with Crippen LogP contribution in [0.5, 0.6) is 0 Å². The van der Waals surface area contributed by atoms with E-state index in [1.165, 1.54) is 0 Å². The topological polar surface area (TPSA) is 76.4 Å². The van der Waals surface area contributed by atoms with E-state index in [-0.39, 0.29) is 18.4 Å². The van der Waals surface area contributed by atoms with Crippen LogP contribution in [0, 0.1) is 0 Å². The minimum Gasteiger partial charge on any atom is -0.378 e. The lowest BCUT2D eigenvalue weighted by Gasteiger charge is -2.08. The van der Waals surface area contributed by atoms with E-state index in [4.69, 9.17) is 22.1 Å². The third-order valence-corrected chi connectivity index (χ3v) is 2.11. The van der Waals surface area contributed by atoms with Crippen molar-refractivity contribution in [3.05, 3.63) is 29.3 Å². The lowest BCUT2D eigenvalue weighted by Crippen LogP contribution is -2.31. The highest BCUT2D eigenvalue weighted by Crippen LogP contribution is 2.14. The van der Waals surface area contributed by atoms with Gasteiger partial charge in [-0.3, -0.25) is 0 Å². The number of hydrogen-bond donors (Lipinski definition) is 3. The predicted octanol–water partition coefficient (Wildman–Crippen LogP) is 1.86. The smallest absolute Gasteiger partial charge is 0.319 e. The molecular weight excluding hydrogens is 277 g/mol. The van der Waals surface area contributed by atoms with Crippen LogP contribution < -0.4 is 16.4 Å². The molecule has 0 saturated carbocycles. The normalized spacial score (nSPS) is 9.44. The van der Waals surface area contributed by atoms with Crippen molar-refractivity contribution in [1.82, 2.24) is 5.32 Å². The molecule has 0 atom stereocenters.